The van der Waals surface area contributed by atoms with Gasteiger partial charge < -0.3 is 4.74 Å². The predicted octanol–water partition coefficient (Wildman–Crippen LogP) is 2.19. The van der Waals surface area contributed by atoms with Crippen LogP contribution in [0.25, 0.3) is 0 Å². The molecule has 0 bridgehead atoms. The summed E-state index contributed by atoms with van der Waals surface area (Å²) >= 11 is 0. The molecule has 0 radical (unpaired) electrons. The second-order valence-corrected chi connectivity index (χ2v) is 7.12. The van der Waals surface area contributed by atoms with Crippen molar-refractivity contribution in [3.63, 3.8) is 0 Å². The summed E-state index contributed by atoms with van der Waals surface area (Å²) in [5.41, 5.74) is 0.971. The molecular weight excluding hydrogens is 290 g/mol. The normalized spacial score (nSPS) is 11.0. The summed E-state index contributed by atoms with van der Waals surface area (Å²) in [5, 5.41) is 0. The van der Waals surface area contributed by atoms with Crippen molar-refractivity contribution in [1.29, 1.82) is 0 Å². The van der Waals surface area contributed by atoms with Crippen LogP contribution >= 0.6 is 0 Å². The lowest BCUT2D eigenvalue weighted by Gasteiger charge is -2.04. The minimum absolute atomic E-state index is 0.0131. The van der Waals surface area contributed by atoms with Crippen LogP contribution in [-0.4, -0.2) is 32.7 Å². The Morgan fingerprint density at radius 2 is 1.95 bits per heavy atom. The maximum Gasteiger partial charge on any atom is 0.357 e. The van der Waals surface area contributed by atoms with Crippen LogP contribution in [0.5, 0.6) is 0 Å². The summed E-state index contributed by atoms with van der Waals surface area (Å²) in [5.74, 6) is -0.560. The maximum atomic E-state index is 11.9. The average molecular weight is 305 g/mol. The first-order valence-corrected chi connectivity index (χ1v) is 8.48. The molecule has 110 valence electrons. The van der Waals surface area contributed by atoms with Gasteiger partial charge in [0.1, 0.15) is 6.61 Å². The molecule has 1 aromatic carbocycles. The van der Waals surface area contributed by atoms with Gasteiger partial charge in [-0.05, 0) is 11.6 Å². The first-order chi connectivity index (χ1) is 9.94. The van der Waals surface area contributed by atoms with Gasteiger partial charge in [0, 0.05) is 28.4 Å². The standard InChI is InChI=1S/C14H15N3O3S/c1-21(2,19)17-14-15-9-8-12(16-14)13(18)20-10-11-6-4-3-5-7-11/h3-9H,10H2,1-2H3. The molecule has 1 heterocycles. The third kappa shape index (κ3) is 4.96. The fourth-order valence-electron chi connectivity index (χ4n) is 1.50. The summed E-state index contributed by atoms with van der Waals surface area (Å²) in [6.45, 7) is 0.161. The lowest BCUT2D eigenvalue weighted by molar-refractivity contribution is 0.0465. The van der Waals surface area contributed by atoms with Gasteiger partial charge in [-0.15, -0.1) is 0 Å². The second kappa shape index (κ2) is 6.45. The first-order valence-electron chi connectivity index (χ1n) is 6.15. The summed E-state index contributed by atoms with van der Waals surface area (Å²) in [6, 6.07) is 10.8. The quantitative estimate of drug-likeness (QED) is 0.809. The summed E-state index contributed by atoms with van der Waals surface area (Å²) in [6.07, 6.45) is 4.32. The molecule has 0 aliphatic heterocycles. The van der Waals surface area contributed by atoms with Crippen molar-refractivity contribution in [2.75, 3.05) is 12.5 Å². The van der Waals surface area contributed by atoms with Gasteiger partial charge in [0.05, 0.1) is 0 Å². The van der Waals surface area contributed by atoms with Crippen molar-refractivity contribution in [2.45, 2.75) is 6.61 Å². The largest absolute Gasteiger partial charge is 0.456 e. The van der Waals surface area contributed by atoms with E-state index in [2.05, 4.69) is 14.3 Å². The zero-order valence-corrected chi connectivity index (χ0v) is 12.5. The van der Waals surface area contributed by atoms with Gasteiger partial charge in [-0.2, -0.15) is 4.36 Å². The molecule has 0 aliphatic carbocycles. The van der Waals surface area contributed by atoms with Gasteiger partial charge in [-0.1, -0.05) is 30.3 Å². The Labute approximate surface area is 123 Å². The molecule has 0 amide bonds. The highest BCUT2D eigenvalue weighted by molar-refractivity contribution is 7.92. The van der Waals surface area contributed by atoms with Crippen molar-refractivity contribution in [2.24, 2.45) is 4.36 Å². The molecule has 0 aliphatic rings. The van der Waals surface area contributed by atoms with E-state index in [0.29, 0.717) is 0 Å². The molecule has 0 atom stereocenters. The van der Waals surface area contributed by atoms with Crippen LogP contribution in [0.4, 0.5) is 5.95 Å². The fraction of sp³-hybridized carbons (Fsp3) is 0.214. The number of esters is 1. The Kier molecular flexibility index (Phi) is 4.64. The van der Waals surface area contributed by atoms with Crippen molar-refractivity contribution in [1.82, 2.24) is 9.97 Å². The number of hydrogen-bond acceptors (Lipinski definition) is 6. The van der Waals surface area contributed by atoms with E-state index in [0.717, 1.165) is 5.56 Å². The molecule has 0 unspecified atom stereocenters. The lowest BCUT2D eigenvalue weighted by atomic mass is 10.2. The number of hydrogen-bond donors (Lipinski definition) is 0. The molecule has 21 heavy (non-hydrogen) atoms. The van der Waals surface area contributed by atoms with Crippen molar-refractivity contribution in [3.05, 3.63) is 53.9 Å². The highest BCUT2D eigenvalue weighted by Gasteiger charge is 2.10. The Morgan fingerprint density at radius 3 is 2.62 bits per heavy atom. The fourth-order valence-corrected chi connectivity index (χ4v) is 1.98. The van der Waals surface area contributed by atoms with Crippen LogP contribution in [0.2, 0.25) is 0 Å². The van der Waals surface area contributed by atoms with E-state index in [9.17, 15) is 9.00 Å². The molecule has 1 aromatic heterocycles. The Balaban J connectivity index is 2.10. The van der Waals surface area contributed by atoms with Gasteiger partial charge in [-0.3, -0.25) is 0 Å². The van der Waals surface area contributed by atoms with Crippen LogP contribution in [-0.2, 0) is 21.1 Å². The Morgan fingerprint density at radius 1 is 1.24 bits per heavy atom. The third-order valence-electron chi connectivity index (χ3n) is 2.37. The zero-order valence-electron chi connectivity index (χ0n) is 11.7. The predicted molar refractivity (Wildman–Crippen MR) is 79.7 cm³/mol. The SMILES string of the molecule is CS(C)(=O)=Nc1nccc(C(=O)OCc2ccccc2)n1. The highest BCUT2D eigenvalue weighted by atomic mass is 32.2. The van der Waals surface area contributed by atoms with Gasteiger partial charge in [0.25, 0.3) is 5.95 Å². The monoisotopic (exact) mass is 305 g/mol. The summed E-state index contributed by atoms with van der Waals surface area (Å²) in [4.78, 5) is 19.7. The summed E-state index contributed by atoms with van der Waals surface area (Å²) < 4.78 is 20.6. The molecule has 7 heteroatoms. The molecule has 0 saturated carbocycles. The number of carbonyl (C=O) groups is 1. The molecule has 0 spiro atoms. The van der Waals surface area contributed by atoms with Crippen molar-refractivity contribution >= 4 is 21.6 Å². The van der Waals surface area contributed by atoms with Crippen LogP contribution in [0.15, 0.2) is 47.0 Å². The number of benzene rings is 1. The third-order valence-corrected chi connectivity index (χ3v) is 2.97. The number of aromatic nitrogens is 2. The van der Waals surface area contributed by atoms with E-state index >= 15 is 0 Å². The minimum Gasteiger partial charge on any atom is -0.456 e. The number of nitrogens with zero attached hydrogens (tertiary/aromatic N) is 3. The van der Waals surface area contributed by atoms with E-state index in [1.54, 1.807) is 0 Å². The van der Waals surface area contributed by atoms with Gasteiger partial charge in [0.15, 0.2) is 5.69 Å². The van der Waals surface area contributed by atoms with Crippen LogP contribution in [0.1, 0.15) is 16.1 Å². The van der Waals surface area contributed by atoms with E-state index < -0.39 is 15.7 Å². The minimum atomic E-state index is -2.38. The van der Waals surface area contributed by atoms with Crippen LogP contribution in [0, 0.1) is 0 Å². The highest BCUT2D eigenvalue weighted by Crippen LogP contribution is 2.09. The van der Waals surface area contributed by atoms with E-state index in [4.69, 9.17) is 4.74 Å². The average Bonchev–Trinajstić information content (AvgIpc) is 2.44. The van der Waals surface area contributed by atoms with Crippen molar-refractivity contribution < 1.29 is 13.7 Å². The van der Waals surface area contributed by atoms with Crippen LogP contribution < -0.4 is 0 Å². The molecule has 0 fully saturated rings. The Bertz CT molecular complexity index is 745. The van der Waals surface area contributed by atoms with Crippen molar-refractivity contribution in [3.8, 4) is 0 Å². The van der Waals surface area contributed by atoms with Crippen LogP contribution in [0.3, 0.4) is 0 Å². The topological polar surface area (TPSA) is 81.5 Å². The smallest absolute Gasteiger partial charge is 0.357 e. The Hall–Kier alpha value is -2.28. The van der Waals surface area contributed by atoms with E-state index in [1.165, 1.54) is 24.8 Å². The second-order valence-electron chi connectivity index (χ2n) is 4.58. The molecule has 2 rings (SSSR count). The summed E-state index contributed by atoms with van der Waals surface area (Å²) in [7, 11) is -2.38. The molecule has 2 aromatic rings. The van der Waals surface area contributed by atoms with Gasteiger partial charge >= 0.3 is 5.97 Å². The maximum absolute atomic E-state index is 11.9. The molecule has 6 nitrogen and oxygen atoms in total. The number of rotatable bonds is 4. The van der Waals surface area contributed by atoms with E-state index in [-0.39, 0.29) is 18.2 Å². The lowest BCUT2D eigenvalue weighted by Crippen LogP contribution is -2.08. The number of carbonyl (C=O) groups excluding carboxylic acids is 1. The van der Waals surface area contributed by atoms with Gasteiger partial charge in [0.2, 0.25) is 0 Å². The zero-order chi connectivity index (χ0) is 15.3. The first kappa shape index (κ1) is 15.1. The molecule has 0 N–H and O–H groups in total. The molecule has 0 saturated heterocycles. The van der Waals surface area contributed by atoms with E-state index in [1.807, 2.05) is 30.3 Å². The van der Waals surface area contributed by atoms with Gasteiger partial charge in [-0.25, -0.2) is 19.0 Å². The number of ether oxygens (including phenoxy) is 1. The molecular formula is C14H15N3O3S.